The van der Waals surface area contributed by atoms with Gasteiger partial charge < -0.3 is 10.1 Å². The molecule has 0 amide bonds. The lowest BCUT2D eigenvalue weighted by atomic mass is 10.1. The largest absolute Gasteiger partial charge is 0.380 e. The molecule has 1 saturated heterocycles. The Morgan fingerprint density at radius 3 is 2.58 bits per heavy atom. The van der Waals surface area contributed by atoms with Gasteiger partial charge in [-0.1, -0.05) is 26.7 Å². The number of nitrogens with zero attached hydrogens (tertiary/aromatic N) is 1. The fourth-order valence-corrected chi connectivity index (χ4v) is 3.50. The zero-order valence-corrected chi connectivity index (χ0v) is 13.0. The van der Waals surface area contributed by atoms with Crippen LogP contribution in [0.4, 0.5) is 0 Å². The first-order valence-corrected chi connectivity index (χ1v) is 8.19. The van der Waals surface area contributed by atoms with E-state index in [1.807, 2.05) is 7.11 Å². The molecule has 2 rings (SSSR count). The Balaban J connectivity index is 1.82. The van der Waals surface area contributed by atoms with Gasteiger partial charge in [-0.15, -0.1) is 0 Å². The van der Waals surface area contributed by atoms with Gasteiger partial charge in [0.15, 0.2) is 0 Å². The third-order valence-corrected chi connectivity index (χ3v) is 4.80. The standard InChI is InChI=1S/C16H32N2O/c1-13(2)8-9-18(15-6-4-5-7-15)12-14-10-16(19-3)11-17-14/h13-17H,4-12H2,1-3H3. The second kappa shape index (κ2) is 7.61. The summed E-state index contributed by atoms with van der Waals surface area (Å²) in [5.41, 5.74) is 0. The summed E-state index contributed by atoms with van der Waals surface area (Å²) in [5.74, 6) is 0.812. The normalized spacial score (nSPS) is 28.9. The molecule has 2 unspecified atom stereocenters. The predicted molar refractivity (Wildman–Crippen MR) is 80.5 cm³/mol. The van der Waals surface area contributed by atoms with Crippen LogP contribution >= 0.6 is 0 Å². The summed E-state index contributed by atoms with van der Waals surface area (Å²) in [6, 6.07) is 1.49. The fraction of sp³-hybridized carbons (Fsp3) is 1.00. The van der Waals surface area contributed by atoms with Crippen molar-refractivity contribution in [3.63, 3.8) is 0 Å². The highest BCUT2D eigenvalue weighted by molar-refractivity contribution is 4.87. The molecule has 0 aromatic carbocycles. The van der Waals surface area contributed by atoms with Crippen LogP contribution in [0.1, 0.15) is 52.4 Å². The number of rotatable bonds is 7. The Kier molecular flexibility index (Phi) is 6.11. The summed E-state index contributed by atoms with van der Waals surface area (Å²) in [5, 5.41) is 3.63. The van der Waals surface area contributed by atoms with E-state index in [1.54, 1.807) is 0 Å². The van der Waals surface area contributed by atoms with Crippen molar-refractivity contribution in [2.24, 2.45) is 5.92 Å². The topological polar surface area (TPSA) is 24.5 Å². The molecule has 2 aliphatic rings. The van der Waals surface area contributed by atoms with E-state index in [2.05, 4.69) is 24.1 Å². The minimum absolute atomic E-state index is 0.431. The van der Waals surface area contributed by atoms with Gasteiger partial charge in [0.2, 0.25) is 0 Å². The maximum Gasteiger partial charge on any atom is 0.0711 e. The molecule has 2 fully saturated rings. The van der Waals surface area contributed by atoms with Gasteiger partial charge in [0, 0.05) is 32.3 Å². The van der Waals surface area contributed by atoms with Crippen LogP contribution in [0.25, 0.3) is 0 Å². The van der Waals surface area contributed by atoms with Gasteiger partial charge in [0.05, 0.1) is 6.10 Å². The van der Waals surface area contributed by atoms with E-state index in [0.717, 1.165) is 18.5 Å². The molecule has 3 nitrogen and oxygen atoms in total. The molecule has 0 aromatic rings. The molecule has 0 bridgehead atoms. The molecular formula is C16H32N2O. The van der Waals surface area contributed by atoms with Gasteiger partial charge in [-0.25, -0.2) is 0 Å². The molecule has 0 radical (unpaired) electrons. The van der Waals surface area contributed by atoms with Crippen LogP contribution in [0.5, 0.6) is 0 Å². The summed E-state index contributed by atoms with van der Waals surface area (Å²) in [7, 11) is 1.84. The molecule has 3 heteroatoms. The van der Waals surface area contributed by atoms with E-state index in [9.17, 15) is 0 Å². The van der Waals surface area contributed by atoms with E-state index in [1.165, 1.54) is 51.6 Å². The lowest BCUT2D eigenvalue weighted by Gasteiger charge is -2.32. The van der Waals surface area contributed by atoms with Crippen LogP contribution in [0, 0.1) is 5.92 Å². The molecule has 112 valence electrons. The van der Waals surface area contributed by atoms with Gasteiger partial charge in [0.1, 0.15) is 0 Å². The minimum atomic E-state index is 0.431. The second-order valence-corrected chi connectivity index (χ2v) is 6.81. The summed E-state index contributed by atoms with van der Waals surface area (Å²) >= 11 is 0. The summed E-state index contributed by atoms with van der Waals surface area (Å²) < 4.78 is 5.47. The van der Waals surface area contributed by atoms with Crippen molar-refractivity contribution in [2.75, 3.05) is 26.7 Å². The van der Waals surface area contributed by atoms with Crippen molar-refractivity contribution in [3.8, 4) is 0 Å². The lowest BCUT2D eigenvalue weighted by Crippen LogP contribution is -2.43. The predicted octanol–water partition coefficient (Wildman–Crippen LogP) is 2.65. The average molecular weight is 268 g/mol. The minimum Gasteiger partial charge on any atom is -0.380 e. The van der Waals surface area contributed by atoms with Crippen molar-refractivity contribution in [2.45, 2.75) is 70.6 Å². The molecule has 0 spiro atoms. The number of ether oxygens (including phenoxy) is 1. The number of hydrogen-bond acceptors (Lipinski definition) is 3. The van der Waals surface area contributed by atoms with E-state index in [0.29, 0.717) is 12.1 Å². The first-order chi connectivity index (χ1) is 9.19. The van der Waals surface area contributed by atoms with Gasteiger partial charge >= 0.3 is 0 Å². The Morgan fingerprint density at radius 1 is 1.26 bits per heavy atom. The first kappa shape index (κ1) is 15.3. The quantitative estimate of drug-likeness (QED) is 0.768. The maximum absolute atomic E-state index is 5.47. The highest BCUT2D eigenvalue weighted by atomic mass is 16.5. The number of methoxy groups -OCH3 is 1. The van der Waals surface area contributed by atoms with E-state index in [4.69, 9.17) is 4.74 Å². The van der Waals surface area contributed by atoms with Crippen LogP contribution in [-0.2, 0) is 4.74 Å². The molecule has 1 aliphatic heterocycles. The van der Waals surface area contributed by atoms with Crippen LogP contribution in [0.2, 0.25) is 0 Å². The molecule has 1 aliphatic carbocycles. The van der Waals surface area contributed by atoms with Gasteiger partial charge in [-0.3, -0.25) is 4.90 Å². The summed E-state index contributed by atoms with van der Waals surface area (Å²) in [6.07, 6.45) is 8.64. The molecule has 1 saturated carbocycles. The van der Waals surface area contributed by atoms with E-state index < -0.39 is 0 Å². The SMILES string of the molecule is COC1CNC(CN(CCC(C)C)C2CCCC2)C1. The molecule has 0 aromatic heterocycles. The van der Waals surface area contributed by atoms with E-state index in [-0.39, 0.29) is 0 Å². The van der Waals surface area contributed by atoms with Gasteiger partial charge in [-0.05, 0) is 38.1 Å². The fourth-order valence-electron chi connectivity index (χ4n) is 3.50. The Morgan fingerprint density at radius 2 is 2.00 bits per heavy atom. The summed E-state index contributed by atoms with van der Waals surface area (Å²) in [4.78, 5) is 2.77. The smallest absolute Gasteiger partial charge is 0.0711 e. The van der Waals surface area contributed by atoms with Crippen molar-refractivity contribution >= 4 is 0 Å². The third-order valence-electron chi connectivity index (χ3n) is 4.80. The van der Waals surface area contributed by atoms with Crippen molar-refractivity contribution in [3.05, 3.63) is 0 Å². The zero-order valence-electron chi connectivity index (χ0n) is 13.0. The van der Waals surface area contributed by atoms with Crippen LogP contribution in [-0.4, -0.2) is 49.8 Å². The zero-order chi connectivity index (χ0) is 13.7. The highest BCUT2D eigenvalue weighted by Crippen LogP contribution is 2.25. The maximum atomic E-state index is 5.47. The molecule has 1 N–H and O–H groups in total. The van der Waals surface area contributed by atoms with Gasteiger partial charge in [-0.2, -0.15) is 0 Å². The first-order valence-electron chi connectivity index (χ1n) is 8.19. The monoisotopic (exact) mass is 268 g/mol. The highest BCUT2D eigenvalue weighted by Gasteiger charge is 2.29. The van der Waals surface area contributed by atoms with Crippen molar-refractivity contribution in [1.82, 2.24) is 10.2 Å². The summed E-state index contributed by atoms with van der Waals surface area (Å²) in [6.45, 7) is 8.20. The molecular weight excluding hydrogens is 236 g/mol. The van der Waals surface area contributed by atoms with Crippen LogP contribution in [0.15, 0.2) is 0 Å². The number of nitrogens with one attached hydrogen (secondary N) is 1. The molecule has 2 atom stereocenters. The van der Waals surface area contributed by atoms with Crippen molar-refractivity contribution in [1.29, 1.82) is 0 Å². The van der Waals surface area contributed by atoms with E-state index >= 15 is 0 Å². The van der Waals surface area contributed by atoms with Crippen molar-refractivity contribution < 1.29 is 4.74 Å². The Hall–Kier alpha value is -0.120. The van der Waals surface area contributed by atoms with Gasteiger partial charge in [0.25, 0.3) is 0 Å². The second-order valence-electron chi connectivity index (χ2n) is 6.81. The Bertz CT molecular complexity index is 251. The average Bonchev–Trinajstić information content (AvgIpc) is 3.05. The number of hydrogen-bond donors (Lipinski definition) is 1. The lowest BCUT2D eigenvalue weighted by molar-refractivity contribution is 0.113. The molecule has 19 heavy (non-hydrogen) atoms. The van der Waals surface area contributed by atoms with Crippen LogP contribution < -0.4 is 5.32 Å². The third kappa shape index (κ3) is 4.73. The molecule has 1 heterocycles. The Labute approximate surface area is 119 Å². The van der Waals surface area contributed by atoms with Crippen LogP contribution in [0.3, 0.4) is 0 Å².